The van der Waals surface area contributed by atoms with Crippen molar-refractivity contribution < 1.29 is 18.0 Å². The van der Waals surface area contributed by atoms with Crippen LogP contribution in [-0.2, 0) is 11.8 Å². The van der Waals surface area contributed by atoms with Gasteiger partial charge in [-0.25, -0.2) is 13.2 Å². The van der Waals surface area contributed by atoms with E-state index in [0.29, 0.717) is 11.4 Å². The molecular weight excluding hydrogens is 331 g/mol. The van der Waals surface area contributed by atoms with Gasteiger partial charge in [0.1, 0.15) is 11.7 Å². The zero-order valence-electron chi connectivity index (χ0n) is 13.7. The van der Waals surface area contributed by atoms with E-state index in [-0.39, 0.29) is 11.7 Å². The Balaban J connectivity index is 1.72. The van der Waals surface area contributed by atoms with Gasteiger partial charge in [-0.3, -0.25) is 9.48 Å². The maximum absolute atomic E-state index is 13.6. The fourth-order valence-corrected chi connectivity index (χ4v) is 3.40. The van der Waals surface area contributed by atoms with Gasteiger partial charge in [0.25, 0.3) is 5.92 Å². The van der Waals surface area contributed by atoms with Gasteiger partial charge in [-0.2, -0.15) is 5.10 Å². The van der Waals surface area contributed by atoms with Crippen LogP contribution in [0.4, 0.5) is 19.0 Å². The maximum Gasteiger partial charge on any atom is 0.260 e. The Kier molecular flexibility index (Phi) is 3.63. The molecule has 2 saturated carbocycles. The molecule has 0 unspecified atom stereocenters. The van der Waals surface area contributed by atoms with Crippen molar-refractivity contribution in [2.75, 3.05) is 5.32 Å². The normalized spacial score (nSPS) is 21.7. The van der Waals surface area contributed by atoms with Crippen LogP contribution in [0.2, 0.25) is 0 Å². The van der Waals surface area contributed by atoms with Crippen molar-refractivity contribution in [2.45, 2.75) is 37.5 Å². The van der Waals surface area contributed by atoms with E-state index in [9.17, 15) is 18.0 Å². The highest BCUT2D eigenvalue weighted by molar-refractivity contribution is 5.96. The van der Waals surface area contributed by atoms with E-state index < -0.39 is 24.2 Å². The van der Waals surface area contributed by atoms with Crippen LogP contribution >= 0.6 is 0 Å². The van der Waals surface area contributed by atoms with E-state index in [1.54, 1.807) is 23.9 Å². The molecule has 1 amide bonds. The van der Waals surface area contributed by atoms with E-state index >= 15 is 0 Å². The van der Waals surface area contributed by atoms with Crippen molar-refractivity contribution in [1.29, 1.82) is 0 Å². The number of aryl methyl sites for hydroxylation is 1. The minimum atomic E-state index is -2.92. The maximum atomic E-state index is 13.6. The van der Waals surface area contributed by atoms with Gasteiger partial charge in [0, 0.05) is 24.6 Å². The minimum absolute atomic E-state index is 0.196. The zero-order valence-corrected chi connectivity index (χ0v) is 13.7. The number of nitrogens with zero attached hydrogens (tertiary/aromatic N) is 2. The van der Waals surface area contributed by atoms with Gasteiger partial charge >= 0.3 is 0 Å². The molecule has 2 aliphatic carbocycles. The lowest BCUT2D eigenvalue weighted by atomic mass is 9.79. The lowest BCUT2D eigenvalue weighted by Crippen LogP contribution is -2.20. The largest absolute Gasteiger partial charge is 0.309 e. The highest BCUT2D eigenvalue weighted by atomic mass is 19.3. The number of rotatable bonds is 4. The molecule has 0 spiro atoms. The van der Waals surface area contributed by atoms with Crippen LogP contribution in [-0.4, -0.2) is 21.6 Å². The molecule has 25 heavy (non-hydrogen) atoms. The van der Waals surface area contributed by atoms with E-state index in [1.165, 1.54) is 12.1 Å². The molecule has 1 aromatic heterocycles. The molecule has 0 saturated heterocycles. The summed E-state index contributed by atoms with van der Waals surface area (Å²) in [4.78, 5) is 12.1. The number of anilines is 1. The van der Waals surface area contributed by atoms with Gasteiger partial charge in [0.05, 0.1) is 5.69 Å². The first-order valence-electron chi connectivity index (χ1n) is 8.38. The van der Waals surface area contributed by atoms with Gasteiger partial charge in [-0.05, 0) is 30.9 Å². The number of hydrogen-bond acceptors (Lipinski definition) is 2. The Labute approximate surface area is 143 Å². The van der Waals surface area contributed by atoms with E-state index in [1.807, 2.05) is 0 Å². The third kappa shape index (κ3) is 2.81. The van der Waals surface area contributed by atoms with Crippen LogP contribution in [0, 0.1) is 11.7 Å². The van der Waals surface area contributed by atoms with Crippen molar-refractivity contribution >= 4 is 11.7 Å². The number of carbonyl (C=O) groups excluding carboxylic acids is 1. The van der Waals surface area contributed by atoms with Gasteiger partial charge in [-0.1, -0.05) is 18.6 Å². The number of hydrogen-bond donors (Lipinski definition) is 1. The van der Waals surface area contributed by atoms with Crippen molar-refractivity contribution in [2.24, 2.45) is 13.0 Å². The average molecular weight is 349 g/mol. The van der Waals surface area contributed by atoms with Crippen LogP contribution in [0.15, 0.2) is 24.3 Å². The fraction of sp³-hybridized carbons (Fsp3) is 0.444. The predicted octanol–water partition coefficient (Wildman–Crippen LogP) is 4.09. The molecule has 7 heteroatoms. The summed E-state index contributed by atoms with van der Waals surface area (Å²) in [7, 11) is 1.71. The summed E-state index contributed by atoms with van der Waals surface area (Å²) >= 11 is 0. The third-order valence-electron chi connectivity index (χ3n) is 5.08. The molecule has 132 valence electrons. The molecule has 2 fully saturated rings. The Morgan fingerprint density at radius 3 is 2.64 bits per heavy atom. The molecule has 0 aliphatic heterocycles. The first-order valence-corrected chi connectivity index (χ1v) is 8.38. The molecule has 2 aromatic rings. The number of amides is 1. The lowest BCUT2D eigenvalue weighted by Gasteiger charge is -2.27. The Bertz CT molecular complexity index is 842. The van der Waals surface area contributed by atoms with Gasteiger partial charge < -0.3 is 5.32 Å². The van der Waals surface area contributed by atoms with E-state index in [0.717, 1.165) is 30.5 Å². The van der Waals surface area contributed by atoms with Crippen molar-refractivity contribution in [3.05, 3.63) is 35.6 Å². The molecule has 4 rings (SSSR count). The van der Waals surface area contributed by atoms with Crippen LogP contribution in [0.1, 0.15) is 37.2 Å². The first kappa shape index (κ1) is 16.2. The number of carbonyl (C=O) groups is 1. The van der Waals surface area contributed by atoms with E-state index in [4.69, 9.17) is 0 Å². The second-order valence-corrected chi connectivity index (χ2v) is 6.88. The molecule has 2 aliphatic rings. The summed E-state index contributed by atoms with van der Waals surface area (Å²) in [5.41, 5.74) is 2.20. The summed E-state index contributed by atoms with van der Waals surface area (Å²) in [5.74, 6) is -4.74. The van der Waals surface area contributed by atoms with Gasteiger partial charge in [-0.15, -0.1) is 0 Å². The highest BCUT2D eigenvalue weighted by Crippen LogP contribution is 2.50. The van der Waals surface area contributed by atoms with Crippen molar-refractivity contribution in [3.8, 4) is 11.3 Å². The second kappa shape index (κ2) is 5.61. The number of halogens is 3. The van der Waals surface area contributed by atoms with Gasteiger partial charge in [0.15, 0.2) is 5.82 Å². The van der Waals surface area contributed by atoms with Crippen molar-refractivity contribution in [3.63, 3.8) is 0 Å². The second-order valence-electron chi connectivity index (χ2n) is 6.88. The highest BCUT2D eigenvalue weighted by Gasteiger charge is 2.61. The van der Waals surface area contributed by atoms with Gasteiger partial charge in [0.2, 0.25) is 5.91 Å². The zero-order chi connectivity index (χ0) is 17.8. The topological polar surface area (TPSA) is 46.9 Å². The SMILES string of the molecule is Cn1nc(NC(=O)[C@@H]2CC2(F)F)c(C2CCC2)c1-c1cccc(F)c1. The van der Waals surface area contributed by atoms with Crippen LogP contribution in [0.25, 0.3) is 11.3 Å². The minimum Gasteiger partial charge on any atom is -0.309 e. The molecule has 0 radical (unpaired) electrons. The summed E-state index contributed by atoms with van der Waals surface area (Å²) in [6.45, 7) is 0. The average Bonchev–Trinajstić information content (AvgIpc) is 3.02. The smallest absolute Gasteiger partial charge is 0.260 e. The Morgan fingerprint density at radius 2 is 2.08 bits per heavy atom. The molecular formula is C18H18F3N3O. The standard InChI is InChI=1S/C18H18F3N3O/c1-24-15(11-6-3-7-12(19)8-11)14(10-4-2-5-10)16(23-24)22-17(25)13-9-18(13,20)21/h3,6-8,10,13H,2,4-5,9H2,1H3,(H,22,23,25)/t13-/m0/s1. The molecule has 0 bridgehead atoms. The van der Waals surface area contributed by atoms with Crippen molar-refractivity contribution in [1.82, 2.24) is 9.78 Å². The molecule has 1 heterocycles. The Hall–Kier alpha value is -2.31. The summed E-state index contributed by atoms with van der Waals surface area (Å²) in [6, 6.07) is 6.18. The lowest BCUT2D eigenvalue weighted by molar-refractivity contribution is -0.119. The quantitative estimate of drug-likeness (QED) is 0.904. The monoisotopic (exact) mass is 349 g/mol. The summed E-state index contributed by atoms with van der Waals surface area (Å²) in [6.07, 6.45) is 2.53. The number of nitrogens with one attached hydrogen (secondary N) is 1. The molecule has 1 aromatic carbocycles. The first-order chi connectivity index (χ1) is 11.9. The number of benzene rings is 1. The van der Waals surface area contributed by atoms with Crippen LogP contribution < -0.4 is 5.32 Å². The fourth-order valence-electron chi connectivity index (χ4n) is 3.40. The molecule has 4 nitrogen and oxygen atoms in total. The van der Waals surface area contributed by atoms with E-state index in [2.05, 4.69) is 10.4 Å². The Morgan fingerprint density at radius 1 is 1.36 bits per heavy atom. The number of aromatic nitrogens is 2. The summed E-state index contributed by atoms with van der Waals surface area (Å²) < 4.78 is 41.5. The molecule has 1 atom stereocenters. The summed E-state index contributed by atoms with van der Waals surface area (Å²) in [5, 5.41) is 6.91. The predicted molar refractivity (Wildman–Crippen MR) is 86.9 cm³/mol. The third-order valence-corrected chi connectivity index (χ3v) is 5.08. The molecule has 1 N–H and O–H groups in total. The van der Waals surface area contributed by atoms with Crippen LogP contribution in [0.5, 0.6) is 0 Å². The van der Waals surface area contributed by atoms with Crippen LogP contribution in [0.3, 0.4) is 0 Å². The number of alkyl halides is 2.